The van der Waals surface area contributed by atoms with E-state index >= 15 is 0 Å². The molecule has 5 heteroatoms. The van der Waals surface area contributed by atoms with Gasteiger partial charge in [0.05, 0.1) is 11.8 Å². The highest BCUT2D eigenvalue weighted by molar-refractivity contribution is 6.00. The molecular weight excluding hydrogens is 292 g/mol. The van der Waals surface area contributed by atoms with E-state index in [0.717, 1.165) is 11.1 Å². The summed E-state index contributed by atoms with van der Waals surface area (Å²) in [5.41, 5.74) is 2.55. The number of aryl methyl sites for hydroxylation is 1. The van der Waals surface area contributed by atoms with Crippen LogP contribution in [0.2, 0.25) is 0 Å². The lowest BCUT2D eigenvalue weighted by molar-refractivity contribution is -0.126. The van der Waals surface area contributed by atoms with E-state index in [1.165, 1.54) is 17.0 Å². The first-order valence-corrected chi connectivity index (χ1v) is 7.32. The molecule has 1 heterocycles. The van der Waals surface area contributed by atoms with Gasteiger partial charge >= 0.3 is 0 Å². The highest BCUT2D eigenvalue weighted by Crippen LogP contribution is 2.37. The van der Waals surface area contributed by atoms with Crippen molar-refractivity contribution in [3.8, 4) is 17.6 Å². The largest absolute Gasteiger partial charge is 0.508 e. The Balaban J connectivity index is 1.95. The number of benzene rings is 2. The lowest BCUT2D eigenvalue weighted by atomic mass is 10.0. The second kappa shape index (κ2) is 6.01. The molecule has 3 rings (SSSR count). The van der Waals surface area contributed by atoms with Crippen molar-refractivity contribution in [3.63, 3.8) is 0 Å². The number of nitriles is 1. The van der Waals surface area contributed by atoms with Crippen LogP contribution in [0.25, 0.3) is 0 Å². The van der Waals surface area contributed by atoms with Crippen molar-refractivity contribution in [2.75, 3.05) is 11.4 Å². The molecule has 2 aromatic rings. The van der Waals surface area contributed by atoms with E-state index in [1.807, 2.05) is 37.3 Å². The van der Waals surface area contributed by atoms with Crippen LogP contribution in [0.1, 0.15) is 11.1 Å². The SMILES string of the molecule is Cc1ccccc1CC1Oc2ccc(O)cc2N(CC#N)C1=O. The van der Waals surface area contributed by atoms with Crippen LogP contribution in [0.4, 0.5) is 5.69 Å². The zero-order valence-electron chi connectivity index (χ0n) is 12.7. The Morgan fingerprint density at radius 3 is 2.83 bits per heavy atom. The van der Waals surface area contributed by atoms with Crippen molar-refractivity contribution in [2.45, 2.75) is 19.4 Å². The van der Waals surface area contributed by atoms with Crippen molar-refractivity contribution in [2.24, 2.45) is 0 Å². The number of phenols is 1. The third-order valence-corrected chi connectivity index (χ3v) is 3.94. The zero-order chi connectivity index (χ0) is 16.4. The van der Waals surface area contributed by atoms with Crippen LogP contribution in [0, 0.1) is 18.3 Å². The molecule has 116 valence electrons. The Hall–Kier alpha value is -3.00. The molecule has 0 saturated heterocycles. The topological polar surface area (TPSA) is 73.6 Å². The van der Waals surface area contributed by atoms with E-state index in [2.05, 4.69) is 0 Å². The minimum atomic E-state index is -0.679. The van der Waals surface area contributed by atoms with Crippen LogP contribution in [0.5, 0.6) is 11.5 Å². The lowest BCUT2D eigenvalue weighted by Gasteiger charge is -2.33. The number of hydrogen-bond acceptors (Lipinski definition) is 4. The first-order chi connectivity index (χ1) is 11.1. The molecule has 0 saturated carbocycles. The minimum Gasteiger partial charge on any atom is -0.508 e. The molecule has 1 amide bonds. The van der Waals surface area contributed by atoms with Gasteiger partial charge in [0.25, 0.3) is 5.91 Å². The third-order valence-electron chi connectivity index (χ3n) is 3.94. The third kappa shape index (κ3) is 2.84. The fraction of sp³-hybridized carbons (Fsp3) is 0.222. The molecule has 5 nitrogen and oxygen atoms in total. The zero-order valence-corrected chi connectivity index (χ0v) is 12.7. The summed E-state index contributed by atoms with van der Waals surface area (Å²) in [6, 6.07) is 14.4. The van der Waals surface area contributed by atoms with E-state index in [9.17, 15) is 9.90 Å². The van der Waals surface area contributed by atoms with Crippen molar-refractivity contribution in [1.82, 2.24) is 0 Å². The summed E-state index contributed by atoms with van der Waals surface area (Å²) in [6.07, 6.45) is -0.241. The van der Waals surface area contributed by atoms with E-state index in [-0.39, 0.29) is 18.2 Å². The number of ether oxygens (including phenoxy) is 1. The van der Waals surface area contributed by atoms with Crippen LogP contribution in [-0.4, -0.2) is 23.7 Å². The quantitative estimate of drug-likeness (QED) is 0.884. The summed E-state index contributed by atoms with van der Waals surface area (Å²) < 4.78 is 5.82. The maximum Gasteiger partial charge on any atom is 0.269 e. The van der Waals surface area contributed by atoms with Crippen LogP contribution >= 0.6 is 0 Å². The van der Waals surface area contributed by atoms with Gasteiger partial charge in [-0.05, 0) is 30.2 Å². The van der Waals surface area contributed by atoms with Gasteiger partial charge in [-0.1, -0.05) is 24.3 Å². The first-order valence-electron chi connectivity index (χ1n) is 7.32. The predicted molar refractivity (Wildman–Crippen MR) is 85.4 cm³/mol. The number of aromatic hydroxyl groups is 1. The molecule has 0 aliphatic carbocycles. The van der Waals surface area contributed by atoms with Gasteiger partial charge < -0.3 is 9.84 Å². The maximum atomic E-state index is 12.7. The standard InChI is InChI=1S/C18H16N2O3/c1-12-4-2-3-5-13(12)10-17-18(22)20(9-8-19)15-11-14(21)6-7-16(15)23-17/h2-7,11,17,21H,9-10H2,1H3. The molecule has 23 heavy (non-hydrogen) atoms. The van der Waals surface area contributed by atoms with Gasteiger partial charge in [-0.25, -0.2) is 0 Å². The van der Waals surface area contributed by atoms with Gasteiger partial charge in [0.15, 0.2) is 6.10 Å². The molecule has 0 bridgehead atoms. The number of phenolic OH excluding ortho intramolecular Hbond substituents is 1. The summed E-state index contributed by atoms with van der Waals surface area (Å²) in [7, 11) is 0. The summed E-state index contributed by atoms with van der Waals surface area (Å²) in [5, 5.41) is 18.6. The summed E-state index contributed by atoms with van der Waals surface area (Å²) >= 11 is 0. The van der Waals surface area contributed by atoms with Gasteiger partial charge in [-0.2, -0.15) is 5.26 Å². The molecule has 0 spiro atoms. The Morgan fingerprint density at radius 1 is 1.30 bits per heavy atom. The highest BCUT2D eigenvalue weighted by Gasteiger charge is 2.34. The minimum absolute atomic E-state index is 0.0282. The first kappa shape index (κ1) is 14.9. The Bertz CT molecular complexity index is 795. The van der Waals surface area contributed by atoms with Crippen LogP contribution in [0.3, 0.4) is 0 Å². The fourth-order valence-corrected chi connectivity index (χ4v) is 2.71. The van der Waals surface area contributed by atoms with Gasteiger partial charge in [-0.3, -0.25) is 9.69 Å². The van der Waals surface area contributed by atoms with Crippen LogP contribution < -0.4 is 9.64 Å². The smallest absolute Gasteiger partial charge is 0.269 e. The number of carbonyl (C=O) groups excluding carboxylic acids is 1. The summed E-state index contributed by atoms with van der Waals surface area (Å²) in [6.45, 7) is 1.91. The van der Waals surface area contributed by atoms with E-state index in [1.54, 1.807) is 6.07 Å². The molecule has 1 N–H and O–H groups in total. The molecule has 1 unspecified atom stereocenters. The van der Waals surface area contributed by atoms with Gasteiger partial charge in [0.2, 0.25) is 0 Å². The van der Waals surface area contributed by atoms with Crippen LogP contribution in [0.15, 0.2) is 42.5 Å². The van der Waals surface area contributed by atoms with Crippen LogP contribution in [-0.2, 0) is 11.2 Å². The van der Waals surface area contributed by atoms with E-state index < -0.39 is 6.10 Å². The molecule has 2 aromatic carbocycles. The van der Waals surface area contributed by atoms with Gasteiger partial charge in [0.1, 0.15) is 18.0 Å². The van der Waals surface area contributed by atoms with E-state index in [4.69, 9.17) is 10.00 Å². The molecule has 0 aromatic heterocycles. The second-order valence-corrected chi connectivity index (χ2v) is 5.47. The summed E-state index contributed by atoms with van der Waals surface area (Å²) in [5.74, 6) is 0.254. The average molecular weight is 308 g/mol. The number of nitrogens with zero attached hydrogens (tertiary/aromatic N) is 2. The average Bonchev–Trinajstić information content (AvgIpc) is 2.54. The van der Waals surface area contributed by atoms with Crippen molar-refractivity contribution in [3.05, 3.63) is 53.6 Å². The molecular formula is C18H16N2O3. The molecule has 1 atom stereocenters. The van der Waals surface area contributed by atoms with Crippen molar-refractivity contribution in [1.29, 1.82) is 5.26 Å². The second-order valence-electron chi connectivity index (χ2n) is 5.47. The Labute approximate surface area is 134 Å². The Morgan fingerprint density at radius 2 is 2.09 bits per heavy atom. The number of rotatable bonds is 3. The van der Waals surface area contributed by atoms with Gasteiger partial charge in [0, 0.05) is 12.5 Å². The number of fused-ring (bicyclic) bond motifs is 1. The number of amides is 1. The fourth-order valence-electron chi connectivity index (χ4n) is 2.71. The lowest BCUT2D eigenvalue weighted by Crippen LogP contribution is -2.47. The van der Waals surface area contributed by atoms with Crippen molar-refractivity contribution >= 4 is 11.6 Å². The van der Waals surface area contributed by atoms with E-state index in [0.29, 0.717) is 17.9 Å². The number of carbonyl (C=O) groups is 1. The predicted octanol–water partition coefficient (Wildman–Crippen LogP) is 2.56. The highest BCUT2D eigenvalue weighted by atomic mass is 16.5. The Kier molecular flexibility index (Phi) is 3.90. The number of hydrogen-bond donors (Lipinski definition) is 1. The number of anilines is 1. The molecule has 1 aliphatic heterocycles. The molecule has 0 fully saturated rings. The molecule has 0 radical (unpaired) electrons. The monoisotopic (exact) mass is 308 g/mol. The van der Waals surface area contributed by atoms with Gasteiger partial charge in [-0.15, -0.1) is 0 Å². The molecule has 1 aliphatic rings. The summed E-state index contributed by atoms with van der Waals surface area (Å²) in [4.78, 5) is 14.0. The maximum absolute atomic E-state index is 12.7. The normalized spacial score (nSPS) is 16.4. The van der Waals surface area contributed by atoms with Crippen molar-refractivity contribution < 1.29 is 14.6 Å².